The standard InChI is InChI=1S/C21H19FO2/c1-12-2-3-14(13-6-8-17(22)9-7-13)11-18(12)19-20(23)15-4-5-16(10-15)21(19)24/h2-3,6-9,11,15-16,23H,4-5,10H2,1H3/t15-,16+/m0/s1. The largest absolute Gasteiger partial charge is 0.511 e. The zero-order chi connectivity index (χ0) is 16.8. The Kier molecular flexibility index (Phi) is 3.52. The van der Waals surface area contributed by atoms with Crippen molar-refractivity contribution in [2.24, 2.45) is 11.8 Å². The van der Waals surface area contributed by atoms with Gasteiger partial charge in [0.15, 0.2) is 5.78 Å². The number of Topliss-reactive ketones (excluding diaryl/α,β-unsaturated/α-hetero) is 1. The van der Waals surface area contributed by atoms with Gasteiger partial charge in [0.05, 0.1) is 5.57 Å². The molecule has 2 atom stereocenters. The monoisotopic (exact) mass is 322 g/mol. The lowest BCUT2D eigenvalue weighted by Gasteiger charge is -2.23. The van der Waals surface area contributed by atoms with Crippen LogP contribution >= 0.6 is 0 Å². The highest BCUT2D eigenvalue weighted by Crippen LogP contribution is 2.46. The van der Waals surface area contributed by atoms with E-state index < -0.39 is 0 Å². The van der Waals surface area contributed by atoms with Crippen LogP contribution in [0.15, 0.2) is 48.2 Å². The van der Waals surface area contributed by atoms with E-state index in [9.17, 15) is 14.3 Å². The predicted molar refractivity (Wildman–Crippen MR) is 92.0 cm³/mol. The van der Waals surface area contributed by atoms with Crippen LogP contribution in [0.4, 0.5) is 4.39 Å². The number of carbonyl (C=O) groups is 1. The number of rotatable bonds is 2. The van der Waals surface area contributed by atoms with Crippen molar-refractivity contribution >= 4 is 11.4 Å². The smallest absolute Gasteiger partial charge is 0.169 e. The Balaban J connectivity index is 1.84. The first-order chi connectivity index (χ1) is 11.5. The second-order valence-electron chi connectivity index (χ2n) is 6.87. The van der Waals surface area contributed by atoms with E-state index in [0.717, 1.165) is 41.5 Å². The maximum absolute atomic E-state index is 13.1. The van der Waals surface area contributed by atoms with Gasteiger partial charge in [0.2, 0.25) is 0 Å². The molecule has 4 rings (SSSR count). The molecule has 2 aliphatic rings. The molecule has 1 N–H and O–H groups in total. The van der Waals surface area contributed by atoms with Gasteiger partial charge >= 0.3 is 0 Å². The molecular formula is C21H19FO2. The summed E-state index contributed by atoms with van der Waals surface area (Å²) in [5, 5.41) is 10.6. The number of aliphatic hydroxyl groups excluding tert-OH is 1. The molecule has 2 aromatic rings. The van der Waals surface area contributed by atoms with Gasteiger partial charge in [0, 0.05) is 11.8 Å². The molecule has 2 nitrogen and oxygen atoms in total. The van der Waals surface area contributed by atoms with E-state index in [0.29, 0.717) is 5.57 Å². The Morgan fingerprint density at radius 3 is 2.42 bits per heavy atom. The summed E-state index contributed by atoms with van der Waals surface area (Å²) in [7, 11) is 0. The first-order valence-corrected chi connectivity index (χ1v) is 8.39. The summed E-state index contributed by atoms with van der Waals surface area (Å²) in [6, 6.07) is 12.2. The van der Waals surface area contributed by atoms with E-state index >= 15 is 0 Å². The van der Waals surface area contributed by atoms with Gasteiger partial charge in [-0.2, -0.15) is 0 Å². The molecule has 24 heavy (non-hydrogen) atoms. The van der Waals surface area contributed by atoms with Crippen LogP contribution in [0.5, 0.6) is 0 Å². The second-order valence-corrected chi connectivity index (χ2v) is 6.87. The molecule has 3 heteroatoms. The van der Waals surface area contributed by atoms with E-state index in [1.165, 1.54) is 12.1 Å². The molecule has 0 amide bonds. The Morgan fingerprint density at radius 2 is 1.67 bits per heavy atom. The predicted octanol–water partition coefficient (Wildman–Crippen LogP) is 5.07. The fraction of sp³-hybridized carbons (Fsp3) is 0.286. The average molecular weight is 322 g/mol. The average Bonchev–Trinajstić information content (AvgIpc) is 3.03. The van der Waals surface area contributed by atoms with Gasteiger partial charge in [-0.15, -0.1) is 0 Å². The first-order valence-electron chi connectivity index (χ1n) is 8.39. The molecule has 1 fully saturated rings. The Bertz CT molecular complexity index is 849. The van der Waals surface area contributed by atoms with E-state index in [4.69, 9.17) is 0 Å². The fourth-order valence-electron chi connectivity index (χ4n) is 3.99. The normalized spacial score (nSPS) is 23.0. The minimum Gasteiger partial charge on any atom is -0.511 e. The van der Waals surface area contributed by atoms with Crippen molar-refractivity contribution in [1.82, 2.24) is 0 Å². The maximum Gasteiger partial charge on any atom is 0.169 e. The molecule has 0 aliphatic heterocycles. The molecule has 0 aromatic heterocycles. The number of hydrogen-bond donors (Lipinski definition) is 1. The lowest BCUT2D eigenvalue weighted by Crippen LogP contribution is -2.21. The number of allylic oxidation sites excluding steroid dienone is 2. The molecule has 2 aliphatic carbocycles. The van der Waals surface area contributed by atoms with Gasteiger partial charge in [-0.05, 0) is 66.6 Å². The number of benzene rings is 2. The van der Waals surface area contributed by atoms with Gasteiger partial charge in [0.1, 0.15) is 11.6 Å². The second kappa shape index (κ2) is 5.59. The van der Waals surface area contributed by atoms with Crippen LogP contribution in [0.2, 0.25) is 0 Å². The quantitative estimate of drug-likeness (QED) is 0.838. The molecule has 0 heterocycles. The van der Waals surface area contributed by atoms with Crippen molar-refractivity contribution in [2.45, 2.75) is 26.2 Å². The number of halogens is 1. The summed E-state index contributed by atoms with van der Waals surface area (Å²) in [5.74, 6) is 0.227. The van der Waals surface area contributed by atoms with Crippen molar-refractivity contribution in [3.05, 3.63) is 65.2 Å². The lowest BCUT2D eigenvalue weighted by atomic mass is 9.81. The van der Waals surface area contributed by atoms with Crippen LogP contribution in [0.1, 0.15) is 30.4 Å². The van der Waals surface area contributed by atoms with E-state index in [-0.39, 0.29) is 29.2 Å². The maximum atomic E-state index is 13.1. The highest BCUT2D eigenvalue weighted by atomic mass is 19.1. The van der Waals surface area contributed by atoms with Gasteiger partial charge in [0.25, 0.3) is 0 Å². The topological polar surface area (TPSA) is 37.3 Å². The summed E-state index contributed by atoms with van der Waals surface area (Å²) in [4.78, 5) is 12.8. The molecule has 122 valence electrons. The molecule has 2 aromatic carbocycles. The molecule has 0 saturated heterocycles. The third kappa shape index (κ3) is 2.35. The molecule has 2 bridgehead atoms. The van der Waals surface area contributed by atoms with E-state index in [1.54, 1.807) is 12.1 Å². The fourth-order valence-corrected chi connectivity index (χ4v) is 3.99. The molecule has 1 saturated carbocycles. The van der Waals surface area contributed by atoms with Crippen LogP contribution in [-0.2, 0) is 4.79 Å². The number of aliphatic hydroxyl groups is 1. The number of carbonyl (C=O) groups excluding carboxylic acids is 1. The number of aryl methyl sites for hydroxylation is 1. The van der Waals surface area contributed by atoms with Crippen molar-refractivity contribution in [2.75, 3.05) is 0 Å². The van der Waals surface area contributed by atoms with Gasteiger partial charge in [-0.25, -0.2) is 4.39 Å². The zero-order valence-corrected chi connectivity index (χ0v) is 13.6. The van der Waals surface area contributed by atoms with Crippen molar-refractivity contribution in [1.29, 1.82) is 0 Å². The highest BCUT2D eigenvalue weighted by molar-refractivity contribution is 6.23. The lowest BCUT2D eigenvalue weighted by molar-refractivity contribution is -0.117. The van der Waals surface area contributed by atoms with Gasteiger partial charge in [-0.1, -0.05) is 24.3 Å². The van der Waals surface area contributed by atoms with Crippen LogP contribution < -0.4 is 0 Å². The molecule has 0 radical (unpaired) electrons. The molecule has 0 spiro atoms. The third-order valence-electron chi connectivity index (χ3n) is 5.38. The number of ketones is 1. The number of fused-ring (bicyclic) bond motifs is 2. The summed E-state index contributed by atoms with van der Waals surface area (Å²) in [5.41, 5.74) is 4.08. The Labute approximate surface area is 140 Å². The molecule has 0 unspecified atom stereocenters. The van der Waals surface area contributed by atoms with Crippen LogP contribution in [0, 0.1) is 24.6 Å². The van der Waals surface area contributed by atoms with Crippen LogP contribution in [0.3, 0.4) is 0 Å². The summed E-state index contributed by atoms with van der Waals surface area (Å²) in [6.45, 7) is 1.95. The van der Waals surface area contributed by atoms with Gasteiger partial charge < -0.3 is 5.11 Å². The molecular weight excluding hydrogens is 303 g/mol. The van der Waals surface area contributed by atoms with E-state index in [1.807, 2.05) is 25.1 Å². The summed E-state index contributed by atoms with van der Waals surface area (Å²) < 4.78 is 13.1. The zero-order valence-electron chi connectivity index (χ0n) is 13.6. The van der Waals surface area contributed by atoms with Crippen molar-refractivity contribution in [3.63, 3.8) is 0 Å². The van der Waals surface area contributed by atoms with Crippen molar-refractivity contribution < 1.29 is 14.3 Å². The summed E-state index contributed by atoms with van der Waals surface area (Å²) >= 11 is 0. The van der Waals surface area contributed by atoms with Gasteiger partial charge in [-0.3, -0.25) is 4.79 Å². The first kappa shape index (κ1) is 15.1. The minimum absolute atomic E-state index is 0.0507. The number of hydrogen-bond acceptors (Lipinski definition) is 2. The minimum atomic E-state index is -0.273. The van der Waals surface area contributed by atoms with Crippen molar-refractivity contribution in [3.8, 4) is 11.1 Å². The highest BCUT2D eigenvalue weighted by Gasteiger charge is 2.41. The summed E-state index contributed by atoms with van der Waals surface area (Å²) in [6.07, 6.45) is 2.54. The third-order valence-corrected chi connectivity index (χ3v) is 5.38. The van der Waals surface area contributed by atoms with E-state index in [2.05, 4.69) is 0 Å². The van der Waals surface area contributed by atoms with Crippen LogP contribution in [-0.4, -0.2) is 10.9 Å². The van der Waals surface area contributed by atoms with Crippen LogP contribution in [0.25, 0.3) is 16.7 Å². The SMILES string of the molecule is Cc1ccc(-c2ccc(F)cc2)cc1C1=C(O)[C@H]2CC[C@H](C2)C1=O. The Morgan fingerprint density at radius 1 is 1.00 bits per heavy atom. The Hall–Kier alpha value is -2.42.